The van der Waals surface area contributed by atoms with Crippen molar-refractivity contribution in [3.63, 3.8) is 0 Å². The van der Waals surface area contributed by atoms with Gasteiger partial charge in [-0.1, -0.05) is 18.2 Å². The van der Waals surface area contributed by atoms with Gasteiger partial charge in [-0.2, -0.15) is 0 Å². The molecule has 0 saturated carbocycles. The van der Waals surface area contributed by atoms with Crippen molar-refractivity contribution >= 4 is 11.6 Å². The molecule has 1 saturated heterocycles. The first-order valence-corrected chi connectivity index (χ1v) is 10.3. The number of benzene rings is 2. The smallest absolute Gasteiger partial charge is 0.224 e. The second-order valence-electron chi connectivity index (χ2n) is 8.12. The Bertz CT molecular complexity index is 941. The van der Waals surface area contributed by atoms with E-state index in [9.17, 15) is 19.4 Å². The Labute approximate surface area is 175 Å². The highest BCUT2D eigenvalue weighted by molar-refractivity contribution is 5.94. The molecule has 3 N–H and O–H groups in total. The van der Waals surface area contributed by atoms with Crippen LogP contribution in [0, 0.1) is 5.82 Å². The summed E-state index contributed by atoms with van der Waals surface area (Å²) in [6, 6.07) is 10.7. The summed E-state index contributed by atoms with van der Waals surface area (Å²) in [5.41, 5.74) is 1.08. The lowest BCUT2D eigenvalue weighted by Gasteiger charge is -2.39. The van der Waals surface area contributed by atoms with Crippen LogP contribution in [0.15, 0.2) is 36.4 Å². The third kappa shape index (κ3) is 4.05. The average molecular weight is 414 g/mol. The van der Waals surface area contributed by atoms with Crippen LogP contribution in [0.4, 0.5) is 10.1 Å². The van der Waals surface area contributed by atoms with E-state index in [4.69, 9.17) is 4.74 Å². The van der Waals surface area contributed by atoms with Crippen LogP contribution in [0.1, 0.15) is 42.1 Å². The molecular weight excluding hydrogens is 387 g/mol. The Hall–Kier alpha value is -2.48. The molecular formula is C23H27FN2O4. The third-order valence-corrected chi connectivity index (χ3v) is 6.23. The van der Waals surface area contributed by atoms with E-state index in [1.165, 1.54) is 0 Å². The molecule has 2 heterocycles. The first-order chi connectivity index (χ1) is 14.4. The number of halogens is 1. The highest BCUT2D eigenvalue weighted by Gasteiger charge is 2.35. The number of piperidine rings is 1. The molecule has 160 valence electrons. The number of ether oxygens (including phenoxy) is 1. The van der Waals surface area contributed by atoms with Crippen molar-refractivity contribution in [1.29, 1.82) is 0 Å². The number of hydrogen-bond donors (Lipinski definition) is 3. The highest BCUT2D eigenvalue weighted by atomic mass is 19.1. The van der Waals surface area contributed by atoms with Gasteiger partial charge in [0.15, 0.2) is 0 Å². The molecule has 0 spiro atoms. The number of carbonyl (C=O) groups excluding carboxylic acids is 1. The average Bonchev–Trinajstić information content (AvgIpc) is 2.75. The number of methoxy groups -OCH3 is 1. The Balaban J connectivity index is 1.41. The molecule has 2 aliphatic rings. The standard InChI is InChI=1S/C23H27FN2O4/c1-30-16-4-2-3-15(13-16)23(29)9-11-26(12-10-23)14-20(27)18-5-7-19-17(22(18)24)6-8-21(28)25-19/h2-5,7,13,20,27,29H,6,8-12,14H2,1H3,(H,25,28). The third-order valence-electron chi connectivity index (χ3n) is 6.23. The van der Waals surface area contributed by atoms with Crippen molar-refractivity contribution < 1.29 is 24.1 Å². The van der Waals surface area contributed by atoms with Gasteiger partial charge in [-0.05, 0) is 43.0 Å². The maximum Gasteiger partial charge on any atom is 0.224 e. The van der Waals surface area contributed by atoms with Gasteiger partial charge in [0.2, 0.25) is 5.91 Å². The molecule has 2 aromatic carbocycles. The van der Waals surface area contributed by atoms with E-state index in [1.54, 1.807) is 19.2 Å². The summed E-state index contributed by atoms with van der Waals surface area (Å²) < 4.78 is 20.2. The zero-order chi connectivity index (χ0) is 21.3. The molecule has 4 rings (SSSR count). The number of hydrogen-bond acceptors (Lipinski definition) is 5. The Morgan fingerprint density at radius 2 is 2.00 bits per heavy atom. The number of nitrogens with zero attached hydrogens (tertiary/aromatic N) is 1. The minimum atomic E-state index is -0.976. The largest absolute Gasteiger partial charge is 0.497 e. The molecule has 0 aromatic heterocycles. The minimum Gasteiger partial charge on any atom is -0.497 e. The number of aliphatic hydroxyl groups excluding tert-OH is 1. The van der Waals surface area contributed by atoms with Gasteiger partial charge in [0.05, 0.1) is 18.8 Å². The molecule has 2 aliphatic heterocycles. The predicted octanol–water partition coefficient (Wildman–Crippen LogP) is 2.74. The zero-order valence-corrected chi connectivity index (χ0v) is 17.0. The fourth-order valence-corrected chi connectivity index (χ4v) is 4.36. The number of anilines is 1. The van der Waals surface area contributed by atoms with Gasteiger partial charge in [-0.3, -0.25) is 4.79 Å². The molecule has 0 aliphatic carbocycles. The van der Waals surface area contributed by atoms with E-state index in [-0.39, 0.29) is 24.4 Å². The second-order valence-corrected chi connectivity index (χ2v) is 8.12. The molecule has 1 fully saturated rings. The van der Waals surface area contributed by atoms with Crippen molar-refractivity contribution in [2.24, 2.45) is 0 Å². The Morgan fingerprint density at radius 1 is 1.23 bits per heavy atom. The van der Waals surface area contributed by atoms with Crippen LogP contribution in [0.25, 0.3) is 0 Å². The number of nitrogens with one attached hydrogen (secondary N) is 1. The maximum atomic E-state index is 14.9. The first-order valence-electron chi connectivity index (χ1n) is 10.3. The van der Waals surface area contributed by atoms with Crippen molar-refractivity contribution in [3.8, 4) is 5.75 Å². The topological polar surface area (TPSA) is 82.0 Å². The number of aliphatic hydroxyl groups is 2. The number of likely N-dealkylation sites (tertiary alicyclic amines) is 1. The van der Waals surface area contributed by atoms with Crippen molar-refractivity contribution in [1.82, 2.24) is 4.90 Å². The SMILES string of the molecule is COc1cccc(C2(O)CCN(CC(O)c3ccc4c(c3F)CCC(=O)N4)CC2)c1. The minimum absolute atomic E-state index is 0.118. The monoisotopic (exact) mass is 414 g/mol. The lowest BCUT2D eigenvalue weighted by atomic mass is 9.84. The normalized spacial score (nSPS) is 19.7. The van der Waals surface area contributed by atoms with Crippen LogP contribution in [0.3, 0.4) is 0 Å². The van der Waals surface area contributed by atoms with Gasteiger partial charge in [0.25, 0.3) is 0 Å². The molecule has 30 heavy (non-hydrogen) atoms. The summed E-state index contributed by atoms with van der Waals surface area (Å²) in [4.78, 5) is 13.5. The highest BCUT2D eigenvalue weighted by Crippen LogP contribution is 2.35. The van der Waals surface area contributed by atoms with E-state index in [0.717, 1.165) is 5.56 Å². The number of carbonyl (C=O) groups is 1. The van der Waals surface area contributed by atoms with E-state index in [2.05, 4.69) is 5.32 Å². The van der Waals surface area contributed by atoms with Gasteiger partial charge in [-0.15, -0.1) is 0 Å². The van der Waals surface area contributed by atoms with Crippen LogP contribution in [-0.4, -0.2) is 47.8 Å². The zero-order valence-electron chi connectivity index (χ0n) is 17.0. The first kappa shape index (κ1) is 20.8. The molecule has 1 atom stereocenters. The van der Waals surface area contributed by atoms with Crippen LogP contribution < -0.4 is 10.1 Å². The van der Waals surface area contributed by atoms with Crippen LogP contribution in [0.5, 0.6) is 5.75 Å². The summed E-state index contributed by atoms with van der Waals surface area (Å²) in [6.07, 6.45) is 0.649. The van der Waals surface area contributed by atoms with Gasteiger partial charge in [-0.25, -0.2) is 4.39 Å². The van der Waals surface area contributed by atoms with E-state index < -0.39 is 17.5 Å². The fraction of sp³-hybridized carbons (Fsp3) is 0.435. The summed E-state index contributed by atoms with van der Waals surface area (Å²) in [7, 11) is 1.60. The molecule has 0 radical (unpaired) electrons. The van der Waals surface area contributed by atoms with E-state index in [1.807, 2.05) is 29.2 Å². The maximum absolute atomic E-state index is 14.9. The Kier molecular flexibility index (Phi) is 5.77. The predicted molar refractivity (Wildman–Crippen MR) is 111 cm³/mol. The van der Waals surface area contributed by atoms with Gasteiger partial charge in [0, 0.05) is 42.9 Å². The summed E-state index contributed by atoms with van der Waals surface area (Å²) in [6.45, 7) is 1.47. The molecule has 1 amide bonds. The molecule has 7 heteroatoms. The Morgan fingerprint density at radius 3 is 2.73 bits per heavy atom. The fourth-order valence-electron chi connectivity index (χ4n) is 4.36. The summed E-state index contributed by atoms with van der Waals surface area (Å²) in [5.74, 6) is 0.148. The number of rotatable bonds is 5. The summed E-state index contributed by atoms with van der Waals surface area (Å²) in [5, 5.41) is 24.4. The number of amides is 1. The van der Waals surface area contributed by atoms with Gasteiger partial charge in [0.1, 0.15) is 11.6 Å². The molecule has 1 unspecified atom stereocenters. The van der Waals surface area contributed by atoms with Gasteiger partial charge < -0.3 is 25.2 Å². The van der Waals surface area contributed by atoms with Crippen molar-refractivity contribution in [2.45, 2.75) is 37.4 Å². The van der Waals surface area contributed by atoms with E-state index in [0.29, 0.717) is 49.4 Å². The van der Waals surface area contributed by atoms with Crippen molar-refractivity contribution in [2.75, 3.05) is 32.1 Å². The quantitative estimate of drug-likeness (QED) is 0.701. The second kappa shape index (κ2) is 8.34. The van der Waals surface area contributed by atoms with Crippen LogP contribution in [0.2, 0.25) is 0 Å². The summed E-state index contributed by atoms with van der Waals surface area (Å²) >= 11 is 0. The molecule has 2 aromatic rings. The van der Waals surface area contributed by atoms with Gasteiger partial charge >= 0.3 is 0 Å². The lowest BCUT2D eigenvalue weighted by molar-refractivity contribution is -0.116. The van der Waals surface area contributed by atoms with E-state index >= 15 is 0 Å². The number of fused-ring (bicyclic) bond motifs is 1. The lowest BCUT2D eigenvalue weighted by Crippen LogP contribution is -2.44. The van der Waals surface area contributed by atoms with Crippen LogP contribution in [-0.2, 0) is 16.8 Å². The number of β-amino-alcohol motifs (C(OH)–C–C–N with tert-alkyl or cyclic N) is 1. The molecule has 6 nitrogen and oxygen atoms in total. The van der Waals surface area contributed by atoms with Crippen molar-refractivity contribution in [3.05, 3.63) is 58.9 Å². The molecule has 0 bridgehead atoms. The van der Waals surface area contributed by atoms with Crippen LogP contribution >= 0.6 is 0 Å².